The summed E-state index contributed by atoms with van der Waals surface area (Å²) >= 11 is 0. The van der Waals surface area contributed by atoms with Gasteiger partial charge in [-0.3, -0.25) is 4.79 Å². The molecule has 0 spiro atoms. The first-order valence-corrected chi connectivity index (χ1v) is 32.1. The van der Waals surface area contributed by atoms with Crippen LogP contribution in [-0.4, -0.2) is 342 Å². The number of carbonyl (C=O) groups excluding carboxylic acids is 1. The standard InChI is InChI=1S/C62H125NO25/c1-61(2,3)9-11-63(12-10-62(4,5)6)60(64)8-13-66-16-17-68-20-21-70-24-25-72-28-29-74-32-33-76-36-37-78-40-41-80-44-45-82-48-49-84-52-53-86-56-57-88-59-58-87-55-54-85-51-50-83-47-46-81-43-42-79-39-38-77-35-34-75-31-30-73-27-26-71-23-22-69-19-18-67-15-14-65-7/h8-59H2,1-7H3. The summed E-state index contributed by atoms with van der Waals surface area (Å²) in [6.07, 6.45) is 2.34. The van der Waals surface area contributed by atoms with Gasteiger partial charge in [-0.15, -0.1) is 0 Å². The number of carbonyl (C=O) groups is 1. The van der Waals surface area contributed by atoms with Crippen molar-refractivity contribution in [2.45, 2.75) is 60.8 Å². The van der Waals surface area contributed by atoms with Gasteiger partial charge in [0.25, 0.3) is 0 Å². The molecule has 0 radical (unpaired) electrons. The average molecular weight is 1280 g/mol. The molecular weight excluding hydrogens is 1160 g/mol. The summed E-state index contributed by atoms with van der Waals surface area (Å²) in [5.74, 6) is 0.156. The van der Waals surface area contributed by atoms with Crippen molar-refractivity contribution in [1.29, 1.82) is 0 Å². The monoisotopic (exact) mass is 1280 g/mol. The van der Waals surface area contributed by atoms with E-state index in [-0.39, 0.29) is 16.7 Å². The van der Waals surface area contributed by atoms with Crippen LogP contribution in [0, 0.1) is 10.8 Å². The van der Waals surface area contributed by atoms with E-state index in [2.05, 4.69) is 41.5 Å². The first kappa shape index (κ1) is 86.5. The van der Waals surface area contributed by atoms with Gasteiger partial charge in [-0.1, -0.05) is 41.5 Å². The maximum absolute atomic E-state index is 12.9. The zero-order valence-corrected chi connectivity index (χ0v) is 55.9. The molecule has 0 N–H and O–H groups in total. The largest absolute Gasteiger partial charge is 0.382 e. The van der Waals surface area contributed by atoms with Gasteiger partial charge in [0.15, 0.2) is 0 Å². The molecule has 26 nitrogen and oxygen atoms in total. The third-order valence-electron chi connectivity index (χ3n) is 11.7. The van der Waals surface area contributed by atoms with Gasteiger partial charge in [0.05, 0.1) is 317 Å². The average Bonchev–Trinajstić information content (AvgIpc) is 3.66. The molecule has 0 aromatic heterocycles. The van der Waals surface area contributed by atoms with Crippen LogP contribution >= 0.6 is 0 Å². The van der Waals surface area contributed by atoms with Crippen LogP contribution in [0.3, 0.4) is 0 Å². The number of hydrogen-bond donors (Lipinski definition) is 0. The molecule has 0 aromatic rings. The van der Waals surface area contributed by atoms with E-state index in [1.165, 1.54) is 0 Å². The van der Waals surface area contributed by atoms with E-state index in [9.17, 15) is 4.79 Å². The number of rotatable bonds is 76. The topological polar surface area (TPSA) is 242 Å². The Morgan fingerprint density at radius 1 is 0.216 bits per heavy atom. The van der Waals surface area contributed by atoms with E-state index in [4.69, 9.17) is 114 Å². The highest BCUT2D eigenvalue weighted by Gasteiger charge is 2.20. The Labute approximate surface area is 530 Å². The predicted octanol–water partition coefficient (Wildman–Crippen LogP) is 4.11. The van der Waals surface area contributed by atoms with Crippen LogP contribution < -0.4 is 0 Å². The lowest BCUT2D eigenvalue weighted by molar-refractivity contribution is -0.133. The summed E-state index contributed by atoms with van der Waals surface area (Å²) in [4.78, 5) is 14.9. The Kier molecular flexibility index (Phi) is 70.2. The number of amides is 1. The third-order valence-corrected chi connectivity index (χ3v) is 11.7. The van der Waals surface area contributed by atoms with Gasteiger partial charge in [0.1, 0.15) is 0 Å². The third kappa shape index (κ3) is 77.0. The summed E-state index contributed by atoms with van der Waals surface area (Å²) < 4.78 is 132. The Bertz CT molecular complexity index is 1320. The van der Waals surface area contributed by atoms with Crippen molar-refractivity contribution < 1.29 is 118 Å². The van der Waals surface area contributed by atoms with E-state index in [1.807, 2.05) is 4.90 Å². The maximum Gasteiger partial charge on any atom is 0.224 e. The fourth-order valence-corrected chi connectivity index (χ4v) is 6.70. The second-order valence-corrected chi connectivity index (χ2v) is 21.8. The minimum atomic E-state index is 0.156. The highest BCUT2D eigenvalue weighted by molar-refractivity contribution is 5.76. The molecule has 528 valence electrons. The number of nitrogens with zero attached hydrogens (tertiary/aromatic N) is 1. The summed E-state index contributed by atoms with van der Waals surface area (Å²) in [5.41, 5.74) is 0.375. The highest BCUT2D eigenvalue weighted by atomic mass is 16.6. The van der Waals surface area contributed by atoms with Gasteiger partial charge in [-0.05, 0) is 23.7 Å². The van der Waals surface area contributed by atoms with E-state index >= 15 is 0 Å². The van der Waals surface area contributed by atoms with Crippen LogP contribution in [0.4, 0.5) is 0 Å². The molecule has 0 atom stereocenters. The fraction of sp³-hybridized carbons (Fsp3) is 0.984. The molecular formula is C62H125NO25. The molecule has 0 bridgehead atoms. The molecule has 0 aliphatic carbocycles. The lowest BCUT2D eigenvalue weighted by Gasteiger charge is -2.29. The zero-order valence-electron chi connectivity index (χ0n) is 55.9. The van der Waals surface area contributed by atoms with E-state index in [1.54, 1.807) is 7.11 Å². The SMILES string of the molecule is COCCOCCOCCOCCOCCOCCOCCOCCOCCOCCOCCOCCOCCOCCOCCOCCOCCOCCOCCOCCOCCOCCOCCOCCC(=O)N(CCC(C)(C)C)CCC(C)(C)C. The number of ether oxygens (including phenoxy) is 24. The zero-order chi connectivity index (χ0) is 63.9. The molecule has 0 aliphatic heterocycles. The molecule has 0 rings (SSSR count). The molecule has 0 fully saturated rings. The quantitative estimate of drug-likeness (QED) is 0.0779. The molecule has 88 heavy (non-hydrogen) atoms. The van der Waals surface area contributed by atoms with Crippen LogP contribution in [0.15, 0.2) is 0 Å². The summed E-state index contributed by atoms with van der Waals surface area (Å²) in [7, 11) is 1.64. The Morgan fingerprint density at radius 2 is 0.341 bits per heavy atom. The van der Waals surface area contributed by atoms with Gasteiger partial charge in [0.2, 0.25) is 5.91 Å². The van der Waals surface area contributed by atoms with Crippen LogP contribution in [0.5, 0.6) is 0 Å². The van der Waals surface area contributed by atoms with Crippen LogP contribution in [0.2, 0.25) is 0 Å². The van der Waals surface area contributed by atoms with Crippen molar-refractivity contribution in [3.8, 4) is 0 Å². The molecule has 0 heterocycles. The molecule has 0 aliphatic rings. The molecule has 0 unspecified atom stereocenters. The normalized spacial score (nSPS) is 12.1. The lowest BCUT2D eigenvalue weighted by atomic mass is 9.90. The first-order chi connectivity index (χ1) is 43.0. The van der Waals surface area contributed by atoms with Crippen molar-refractivity contribution in [2.24, 2.45) is 10.8 Å². The van der Waals surface area contributed by atoms with Gasteiger partial charge >= 0.3 is 0 Å². The van der Waals surface area contributed by atoms with Crippen molar-refractivity contribution >= 4 is 5.91 Å². The van der Waals surface area contributed by atoms with E-state index in [0.29, 0.717) is 317 Å². The van der Waals surface area contributed by atoms with Crippen LogP contribution in [0.25, 0.3) is 0 Å². The summed E-state index contributed by atoms with van der Waals surface area (Å²) in [6, 6.07) is 0. The van der Waals surface area contributed by atoms with E-state index in [0.717, 1.165) is 25.9 Å². The van der Waals surface area contributed by atoms with Crippen molar-refractivity contribution in [3.05, 3.63) is 0 Å². The number of methoxy groups -OCH3 is 1. The minimum absolute atomic E-state index is 0.156. The molecule has 1 amide bonds. The molecule has 26 heteroatoms. The fourth-order valence-electron chi connectivity index (χ4n) is 6.70. The van der Waals surface area contributed by atoms with Crippen LogP contribution in [0.1, 0.15) is 60.8 Å². The second-order valence-electron chi connectivity index (χ2n) is 21.8. The summed E-state index contributed by atoms with van der Waals surface area (Å²) in [6.45, 7) is 37.9. The lowest BCUT2D eigenvalue weighted by Crippen LogP contribution is -2.36. The first-order valence-electron chi connectivity index (χ1n) is 32.1. The summed E-state index contributed by atoms with van der Waals surface area (Å²) in [5, 5.41) is 0. The predicted molar refractivity (Wildman–Crippen MR) is 330 cm³/mol. The van der Waals surface area contributed by atoms with E-state index < -0.39 is 0 Å². The Morgan fingerprint density at radius 3 is 0.466 bits per heavy atom. The highest BCUT2D eigenvalue weighted by Crippen LogP contribution is 2.22. The minimum Gasteiger partial charge on any atom is -0.382 e. The molecule has 0 aromatic carbocycles. The van der Waals surface area contributed by atoms with Gasteiger partial charge in [-0.25, -0.2) is 0 Å². The van der Waals surface area contributed by atoms with Crippen molar-refractivity contribution in [2.75, 3.05) is 331 Å². The van der Waals surface area contributed by atoms with Gasteiger partial charge < -0.3 is 119 Å². The maximum atomic E-state index is 12.9. The van der Waals surface area contributed by atoms with Gasteiger partial charge in [0, 0.05) is 20.2 Å². The van der Waals surface area contributed by atoms with Crippen molar-refractivity contribution in [1.82, 2.24) is 4.90 Å². The second kappa shape index (κ2) is 71.4. The Balaban J connectivity index is 3.19. The van der Waals surface area contributed by atoms with Crippen LogP contribution in [-0.2, 0) is 118 Å². The molecule has 0 saturated heterocycles. The van der Waals surface area contributed by atoms with Crippen molar-refractivity contribution in [3.63, 3.8) is 0 Å². The Hall–Kier alpha value is -1.49. The smallest absolute Gasteiger partial charge is 0.224 e. The molecule has 0 saturated carbocycles. The van der Waals surface area contributed by atoms with Gasteiger partial charge in [-0.2, -0.15) is 0 Å². The number of hydrogen-bond acceptors (Lipinski definition) is 25.